The number of carbonyl (C=O) groups is 1. The van der Waals surface area contributed by atoms with Crippen molar-refractivity contribution in [3.63, 3.8) is 0 Å². The number of aliphatic hydroxyl groups excluding tert-OH is 1. The fourth-order valence-electron chi connectivity index (χ4n) is 1.78. The number of likely N-dealkylation sites (tertiary alicyclic amines) is 1. The van der Waals surface area contributed by atoms with E-state index < -0.39 is 5.54 Å². The average Bonchev–Trinajstić information content (AvgIpc) is 2.28. The van der Waals surface area contributed by atoms with Gasteiger partial charge in [0.05, 0.1) is 12.1 Å². The van der Waals surface area contributed by atoms with Gasteiger partial charge in [0, 0.05) is 20.1 Å². The molecule has 1 aliphatic rings. The second-order valence-corrected chi connectivity index (χ2v) is 5.48. The molecule has 0 saturated carbocycles. The fourth-order valence-corrected chi connectivity index (χ4v) is 1.78. The highest BCUT2D eigenvalue weighted by atomic mass is 16.3. The monoisotopic (exact) mass is 228 g/mol. The van der Waals surface area contributed by atoms with Crippen molar-refractivity contribution in [3.05, 3.63) is 0 Å². The highest BCUT2D eigenvalue weighted by molar-refractivity contribution is 5.75. The van der Waals surface area contributed by atoms with Crippen molar-refractivity contribution >= 4 is 6.03 Å². The van der Waals surface area contributed by atoms with E-state index in [1.54, 1.807) is 11.9 Å². The molecular weight excluding hydrogens is 204 g/mol. The van der Waals surface area contributed by atoms with Gasteiger partial charge in [-0.3, -0.25) is 0 Å². The topological polar surface area (TPSA) is 43.8 Å². The summed E-state index contributed by atoms with van der Waals surface area (Å²) < 4.78 is 0. The van der Waals surface area contributed by atoms with Gasteiger partial charge in [-0.15, -0.1) is 0 Å². The molecule has 0 aliphatic carbocycles. The third kappa shape index (κ3) is 2.88. The molecule has 1 aliphatic heterocycles. The molecule has 0 aromatic carbocycles. The molecule has 94 valence electrons. The minimum Gasteiger partial charge on any atom is -0.394 e. The molecule has 0 aromatic rings. The van der Waals surface area contributed by atoms with E-state index in [9.17, 15) is 9.90 Å². The first-order valence-corrected chi connectivity index (χ1v) is 6.02. The summed E-state index contributed by atoms with van der Waals surface area (Å²) in [5.74, 6) is 0.722. The molecule has 0 radical (unpaired) electrons. The van der Waals surface area contributed by atoms with Gasteiger partial charge in [-0.25, -0.2) is 4.79 Å². The van der Waals surface area contributed by atoms with Crippen LogP contribution in [0.3, 0.4) is 0 Å². The molecule has 4 heteroatoms. The van der Waals surface area contributed by atoms with Crippen molar-refractivity contribution in [1.82, 2.24) is 9.80 Å². The number of carbonyl (C=O) groups excluding carboxylic acids is 1. The molecule has 1 N–H and O–H groups in total. The highest BCUT2D eigenvalue weighted by Gasteiger charge is 2.31. The van der Waals surface area contributed by atoms with E-state index in [4.69, 9.17) is 0 Å². The van der Waals surface area contributed by atoms with Crippen molar-refractivity contribution in [2.45, 2.75) is 39.2 Å². The number of piperidine rings is 1. The summed E-state index contributed by atoms with van der Waals surface area (Å²) in [6.07, 6.45) is 2.16. The zero-order chi connectivity index (χ0) is 12.3. The number of hydrogen-bond donors (Lipinski definition) is 1. The maximum atomic E-state index is 12.2. The van der Waals surface area contributed by atoms with Crippen molar-refractivity contribution < 1.29 is 9.90 Å². The highest BCUT2D eigenvalue weighted by Crippen LogP contribution is 2.20. The normalized spacial score (nSPS) is 18.7. The summed E-state index contributed by atoms with van der Waals surface area (Å²) in [6.45, 7) is 7.63. The molecule has 0 aromatic heterocycles. The minimum absolute atomic E-state index is 0.0144. The zero-order valence-electron chi connectivity index (χ0n) is 10.9. The number of urea groups is 1. The van der Waals surface area contributed by atoms with Gasteiger partial charge in [-0.05, 0) is 32.6 Å². The predicted molar refractivity (Wildman–Crippen MR) is 64.3 cm³/mol. The zero-order valence-corrected chi connectivity index (χ0v) is 10.9. The minimum atomic E-state index is -0.486. The van der Waals surface area contributed by atoms with Crippen LogP contribution < -0.4 is 0 Å². The van der Waals surface area contributed by atoms with Gasteiger partial charge < -0.3 is 14.9 Å². The Morgan fingerprint density at radius 1 is 1.44 bits per heavy atom. The number of nitrogens with zero attached hydrogens (tertiary/aromatic N) is 2. The van der Waals surface area contributed by atoms with Gasteiger partial charge in [-0.2, -0.15) is 0 Å². The Bertz CT molecular complexity index is 245. The van der Waals surface area contributed by atoms with Crippen molar-refractivity contribution in [2.24, 2.45) is 5.92 Å². The summed E-state index contributed by atoms with van der Waals surface area (Å²) in [4.78, 5) is 15.7. The van der Waals surface area contributed by atoms with Gasteiger partial charge in [-0.1, -0.05) is 6.92 Å². The molecule has 1 saturated heterocycles. The van der Waals surface area contributed by atoms with Crippen LogP contribution in [0.5, 0.6) is 0 Å². The molecule has 16 heavy (non-hydrogen) atoms. The number of hydrogen-bond acceptors (Lipinski definition) is 2. The van der Waals surface area contributed by atoms with E-state index in [0.29, 0.717) is 0 Å². The van der Waals surface area contributed by atoms with E-state index in [2.05, 4.69) is 6.92 Å². The second-order valence-electron chi connectivity index (χ2n) is 5.48. The average molecular weight is 228 g/mol. The van der Waals surface area contributed by atoms with E-state index in [-0.39, 0.29) is 12.6 Å². The van der Waals surface area contributed by atoms with Gasteiger partial charge in [0.15, 0.2) is 0 Å². The van der Waals surface area contributed by atoms with Crippen LogP contribution in [0.25, 0.3) is 0 Å². The standard InChI is InChI=1S/C12H24N2O2/c1-10-5-7-14(8-6-10)11(16)13(4)12(2,3)9-15/h10,15H,5-9H2,1-4H3. The van der Waals surface area contributed by atoms with Crippen LogP contribution in [0.15, 0.2) is 0 Å². The molecular formula is C12H24N2O2. The van der Waals surface area contributed by atoms with Crippen LogP contribution in [0, 0.1) is 5.92 Å². The summed E-state index contributed by atoms with van der Waals surface area (Å²) in [6, 6.07) is 0.0333. The maximum absolute atomic E-state index is 12.2. The molecule has 0 unspecified atom stereocenters. The van der Waals surface area contributed by atoms with Crippen LogP contribution in [-0.2, 0) is 0 Å². The van der Waals surface area contributed by atoms with E-state index >= 15 is 0 Å². The molecule has 0 atom stereocenters. The molecule has 2 amide bonds. The van der Waals surface area contributed by atoms with Crippen LogP contribution in [0.4, 0.5) is 4.79 Å². The molecule has 1 heterocycles. The Hall–Kier alpha value is -0.770. The molecule has 4 nitrogen and oxygen atoms in total. The SMILES string of the molecule is CC1CCN(C(=O)N(C)C(C)(C)CO)CC1. The van der Waals surface area contributed by atoms with Crippen molar-refractivity contribution in [3.8, 4) is 0 Å². The van der Waals surface area contributed by atoms with Crippen LogP contribution >= 0.6 is 0 Å². The third-order valence-corrected chi connectivity index (χ3v) is 3.64. The largest absolute Gasteiger partial charge is 0.394 e. The second kappa shape index (κ2) is 5.04. The van der Waals surface area contributed by atoms with E-state index in [1.807, 2.05) is 18.7 Å². The van der Waals surface area contributed by atoms with Crippen LogP contribution in [-0.4, -0.2) is 53.2 Å². The van der Waals surface area contributed by atoms with Gasteiger partial charge in [0.2, 0.25) is 0 Å². The summed E-state index contributed by atoms with van der Waals surface area (Å²) in [5.41, 5.74) is -0.486. The molecule has 0 spiro atoms. The maximum Gasteiger partial charge on any atom is 0.320 e. The van der Waals surface area contributed by atoms with E-state index in [0.717, 1.165) is 31.8 Å². The summed E-state index contributed by atoms with van der Waals surface area (Å²) in [5, 5.41) is 9.24. The first kappa shape index (κ1) is 13.3. The Morgan fingerprint density at radius 2 is 1.94 bits per heavy atom. The lowest BCUT2D eigenvalue weighted by Gasteiger charge is -2.39. The first-order valence-electron chi connectivity index (χ1n) is 6.02. The lowest BCUT2D eigenvalue weighted by molar-refractivity contribution is 0.0710. The lowest BCUT2D eigenvalue weighted by Crippen LogP contribution is -2.54. The smallest absolute Gasteiger partial charge is 0.320 e. The lowest BCUT2D eigenvalue weighted by atomic mass is 9.99. The van der Waals surface area contributed by atoms with Crippen LogP contribution in [0.1, 0.15) is 33.6 Å². The van der Waals surface area contributed by atoms with Gasteiger partial charge in [0.25, 0.3) is 0 Å². The number of rotatable bonds is 2. The molecule has 0 bridgehead atoms. The molecule has 1 fully saturated rings. The van der Waals surface area contributed by atoms with Crippen molar-refractivity contribution in [1.29, 1.82) is 0 Å². The Labute approximate surface area is 98.2 Å². The quantitative estimate of drug-likeness (QED) is 0.779. The fraction of sp³-hybridized carbons (Fsp3) is 0.917. The summed E-state index contributed by atoms with van der Waals surface area (Å²) in [7, 11) is 1.76. The van der Waals surface area contributed by atoms with E-state index in [1.165, 1.54) is 0 Å². The number of aliphatic hydroxyl groups is 1. The molecule has 1 rings (SSSR count). The Kier molecular flexibility index (Phi) is 4.19. The van der Waals surface area contributed by atoms with Gasteiger partial charge >= 0.3 is 6.03 Å². The Morgan fingerprint density at radius 3 is 2.38 bits per heavy atom. The first-order chi connectivity index (χ1) is 7.38. The summed E-state index contributed by atoms with van der Waals surface area (Å²) >= 11 is 0. The van der Waals surface area contributed by atoms with Crippen molar-refractivity contribution in [2.75, 3.05) is 26.7 Å². The number of amides is 2. The number of likely N-dealkylation sites (N-methyl/N-ethyl adjacent to an activating group) is 1. The van der Waals surface area contributed by atoms with Gasteiger partial charge in [0.1, 0.15) is 0 Å². The Balaban J connectivity index is 2.57. The third-order valence-electron chi connectivity index (χ3n) is 3.64. The van der Waals surface area contributed by atoms with Crippen LogP contribution in [0.2, 0.25) is 0 Å². The predicted octanol–water partition coefficient (Wildman–Crippen LogP) is 1.54.